The van der Waals surface area contributed by atoms with E-state index in [1.54, 1.807) is 17.0 Å². The largest absolute Gasteiger partial charge is 0.507 e. The zero-order valence-electron chi connectivity index (χ0n) is 13.5. The number of carbonyl (C=O) groups is 1. The number of nitrogens with zero attached hydrogens (tertiary/aromatic N) is 3. The molecule has 2 aromatic rings. The van der Waals surface area contributed by atoms with Crippen molar-refractivity contribution in [3.8, 4) is 17.0 Å². The van der Waals surface area contributed by atoms with Crippen molar-refractivity contribution in [2.24, 2.45) is 0 Å². The predicted octanol–water partition coefficient (Wildman–Crippen LogP) is 3.30. The highest BCUT2D eigenvalue weighted by atomic mass is 19.4. The number of phenols is 1. The number of hydrogen-bond acceptors (Lipinski definition) is 4. The molecule has 25 heavy (non-hydrogen) atoms. The van der Waals surface area contributed by atoms with Crippen molar-refractivity contribution >= 4 is 5.91 Å². The van der Waals surface area contributed by atoms with Crippen LogP contribution in [0.2, 0.25) is 0 Å². The molecule has 0 spiro atoms. The number of carbonyl (C=O) groups excluding carboxylic acids is 1. The van der Waals surface area contributed by atoms with Crippen LogP contribution >= 0.6 is 0 Å². The van der Waals surface area contributed by atoms with Gasteiger partial charge in [-0.25, -0.2) is 0 Å². The van der Waals surface area contributed by atoms with Crippen molar-refractivity contribution < 1.29 is 23.1 Å². The molecule has 3 rings (SSSR count). The molecule has 5 nitrogen and oxygen atoms in total. The van der Waals surface area contributed by atoms with E-state index >= 15 is 0 Å². The number of halogens is 3. The third kappa shape index (κ3) is 3.57. The second-order valence-corrected chi connectivity index (χ2v) is 6.01. The molecule has 132 valence electrons. The van der Waals surface area contributed by atoms with E-state index in [4.69, 9.17) is 0 Å². The first-order chi connectivity index (χ1) is 11.8. The number of aromatic nitrogens is 2. The summed E-state index contributed by atoms with van der Waals surface area (Å²) >= 11 is 0. The topological polar surface area (TPSA) is 66.3 Å². The molecule has 1 fully saturated rings. The van der Waals surface area contributed by atoms with Crippen molar-refractivity contribution in [2.45, 2.75) is 32.5 Å². The summed E-state index contributed by atoms with van der Waals surface area (Å²) in [5.41, 5.74) is 0.417. The molecule has 1 saturated heterocycles. The van der Waals surface area contributed by atoms with Gasteiger partial charge in [0.1, 0.15) is 5.75 Å². The molecule has 0 aliphatic carbocycles. The lowest BCUT2D eigenvalue weighted by Gasteiger charge is -2.15. The van der Waals surface area contributed by atoms with Crippen LogP contribution < -0.4 is 0 Å². The number of aryl methyl sites for hydroxylation is 1. The first kappa shape index (κ1) is 17.2. The van der Waals surface area contributed by atoms with E-state index < -0.39 is 17.5 Å². The highest BCUT2D eigenvalue weighted by molar-refractivity contribution is 5.78. The Morgan fingerprint density at radius 2 is 2.00 bits per heavy atom. The molecule has 1 aromatic heterocycles. The molecule has 0 radical (unpaired) electrons. The van der Waals surface area contributed by atoms with E-state index in [2.05, 4.69) is 10.2 Å². The van der Waals surface area contributed by atoms with Gasteiger partial charge in [0.2, 0.25) is 5.91 Å². The molecule has 1 aliphatic rings. The van der Waals surface area contributed by atoms with E-state index in [-0.39, 0.29) is 22.7 Å². The minimum atomic E-state index is -4.53. The van der Waals surface area contributed by atoms with Gasteiger partial charge in [-0.1, -0.05) is 0 Å². The van der Waals surface area contributed by atoms with Crippen molar-refractivity contribution in [2.75, 3.05) is 6.54 Å². The Bertz CT molecular complexity index is 781. The van der Waals surface area contributed by atoms with Gasteiger partial charge in [-0.3, -0.25) is 4.79 Å². The minimum absolute atomic E-state index is 0.0714. The molecule has 1 amide bonds. The number of hydrogen-bond donors (Lipinski definition) is 1. The Morgan fingerprint density at radius 3 is 2.52 bits per heavy atom. The van der Waals surface area contributed by atoms with Crippen LogP contribution in [0, 0.1) is 6.92 Å². The summed E-state index contributed by atoms with van der Waals surface area (Å²) in [4.78, 5) is 13.3. The summed E-state index contributed by atoms with van der Waals surface area (Å²) in [5.74, 6) is -0.425. The van der Waals surface area contributed by atoms with Gasteiger partial charge in [0.25, 0.3) is 0 Å². The standard InChI is InChI=1S/C17H16F3N3O2/c1-10-7-11(17(18,19)20)8-14(24)16(10)13-5-4-12(21-22-13)9-23-6-2-3-15(23)25/h4-5,7-8,24H,2-3,6,9H2,1H3. The fourth-order valence-electron chi connectivity index (χ4n) is 2.91. The van der Waals surface area contributed by atoms with Crippen molar-refractivity contribution in [1.29, 1.82) is 0 Å². The lowest BCUT2D eigenvalue weighted by Crippen LogP contribution is -2.24. The summed E-state index contributed by atoms with van der Waals surface area (Å²) in [5, 5.41) is 18.0. The highest BCUT2D eigenvalue weighted by Gasteiger charge is 2.32. The second kappa shape index (κ2) is 6.34. The zero-order valence-corrected chi connectivity index (χ0v) is 13.5. The third-order valence-corrected chi connectivity index (χ3v) is 4.14. The maximum absolute atomic E-state index is 12.8. The van der Waals surface area contributed by atoms with E-state index in [0.29, 0.717) is 31.3 Å². The lowest BCUT2D eigenvalue weighted by atomic mass is 10.0. The Labute approximate surface area is 142 Å². The Morgan fingerprint density at radius 1 is 1.24 bits per heavy atom. The highest BCUT2D eigenvalue weighted by Crippen LogP contribution is 2.38. The van der Waals surface area contributed by atoms with Crippen LogP contribution in [-0.2, 0) is 17.5 Å². The van der Waals surface area contributed by atoms with Crippen LogP contribution in [0.5, 0.6) is 5.75 Å². The van der Waals surface area contributed by atoms with Gasteiger partial charge < -0.3 is 10.0 Å². The lowest BCUT2D eigenvalue weighted by molar-refractivity contribution is -0.137. The van der Waals surface area contributed by atoms with E-state index in [9.17, 15) is 23.1 Å². The summed E-state index contributed by atoms with van der Waals surface area (Å²) in [6, 6.07) is 4.89. The summed E-state index contributed by atoms with van der Waals surface area (Å²) in [7, 11) is 0. The van der Waals surface area contributed by atoms with Gasteiger partial charge >= 0.3 is 6.18 Å². The Balaban J connectivity index is 1.86. The molecule has 1 aromatic carbocycles. The van der Waals surface area contributed by atoms with Crippen molar-refractivity contribution in [3.05, 3.63) is 41.1 Å². The molecular weight excluding hydrogens is 335 g/mol. The molecule has 0 atom stereocenters. The fraction of sp³-hybridized carbons (Fsp3) is 0.353. The van der Waals surface area contributed by atoms with E-state index in [0.717, 1.165) is 12.5 Å². The van der Waals surface area contributed by atoms with Crippen LogP contribution in [0.1, 0.15) is 29.7 Å². The average molecular weight is 351 g/mol. The van der Waals surface area contributed by atoms with Crippen LogP contribution in [0.15, 0.2) is 24.3 Å². The number of likely N-dealkylation sites (tertiary alicyclic amines) is 1. The summed E-state index contributed by atoms with van der Waals surface area (Å²) in [6.07, 6.45) is -3.17. The van der Waals surface area contributed by atoms with Crippen LogP contribution in [0.4, 0.5) is 13.2 Å². The van der Waals surface area contributed by atoms with Crippen molar-refractivity contribution in [1.82, 2.24) is 15.1 Å². The van der Waals surface area contributed by atoms with E-state index in [1.165, 1.54) is 6.92 Å². The second-order valence-electron chi connectivity index (χ2n) is 6.01. The van der Waals surface area contributed by atoms with Gasteiger partial charge in [-0.15, -0.1) is 0 Å². The molecule has 1 N–H and O–H groups in total. The van der Waals surface area contributed by atoms with Crippen molar-refractivity contribution in [3.63, 3.8) is 0 Å². The van der Waals surface area contributed by atoms with Crippen LogP contribution in [0.3, 0.4) is 0 Å². The molecule has 0 unspecified atom stereocenters. The number of benzene rings is 1. The molecule has 0 saturated carbocycles. The van der Waals surface area contributed by atoms with Crippen LogP contribution in [0.25, 0.3) is 11.3 Å². The number of aromatic hydroxyl groups is 1. The molecule has 8 heteroatoms. The maximum atomic E-state index is 12.8. The Kier molecular flexibility index (Phi) is 4.36. The zero-order chi connectivity index (χ0) is 18.2. The first-order valence-corrected chi connectivity index (χ1v) is 7.77. The number of amides is 1. The Hall–Kier alpha value is -2.64. The molecule has 1 aliphatic heterocycles. The smallest absolute Gasteiger partial charge is 0.416 e. The first-order valence-electron chi connectivity index (χ1n) is 7.77. The summed E-state index contributed by atoms with van der Waals surface area (Å²) < 4.78 is 38.4. The van der Waals surface area contributed by atoms with Crippen LogP contribution in [-0.4, -0.2) is 32.7 Å². The fourth-order valence-corrected chi connectivity index (χ4v) is 2.91. The molecule has 0 bridgehead atoms. The maximum Gasteiger partial charge on any atom is 0.416 e. The van der Waals surface area contributed by atoms with Gasteiger partial charge in [0.05, 0.1) is 23.5 Å². The quantitative estimate of drug-likeness (QED) is 0.921. The van der Waals surface area contributed by atoms with Gasteiger partial charge in [-0.2, -0.15) is 23.4 Å². The molecular formula is C17H16F3N3O2. The number of rotatable bonds is 3. The van der Waals surface area contributed by atoms with Gasteiger partial charge in [-0.05, 0) is 43.2 Å². The van der Waals surface area contributed by atoms with Gasteiger partial charge in [0, 0.05) is 18.5 Å². The predicted molar refractivity (Wildman–Crippen MR) is 83.5 cm³/mol. The number of phenolic OH excluding ortho intramolecular Hbond substituents is 1. The minimum Gasteiger partial charge on any atom is -0.507 e. The van der Waals surface area contributed by atoms with E-state index in [1.807, 2.05) is 0 Å². The average Bonchev–Trinajstić information content (AvgIpc) is 2.92. The monoisotopic (exact) mass is 351 g/mol. The normalized spacial score (nSPS) is 15.0. The molecule has 2 heterocycles. The third-order valence-electron chi connectivity index (χ3n) is 4.14. The van der Waals surface area contributed by atoms with Gasteiger partial charge in [0.15, 0.2) is 0 Å². The summed E-state index contributed by atoms with van der Waals surface area (Å²) in [6.45, 7) is 2.51. The number of alkyl halides is 3. The SMILES string of the molecule is Cc1cc(C(F)(F)F)cc(O)c1-c1ccc(CN2CCCC2=O)nn1.